The molecular weight excluding hydrogens is 192 g/mol. The quantitative estimate of drug-likeness (QED) is 0.445. The van der Waals surface area contributed by atoms with Gasteiger partial charge in [-0.1, -0.05) is 12.2 Å². The van der Waals surface area contributed by atoms with Crippen LogP contribution in [0.1, 0.15) is 0 Å². The Morgan fingerprint density at radius 1 is 1.40 bits per heavy atom. The van der Waals surface area contributed by atoms with Gasteiger partial charge in [-0.15, -0.1) is 13.2 Å². The molecule has 4 nitrogen and oxygen atoms in total. The van der Waals surface area contributed by atoms with E-state index < -0.39 is 0 Å². The lowest BCUT2D eigenvalue weighted by Gasteiger charge is -2.17. The Hall–Kier alpha value is -1.13. The highest BCUT2D eigenvalue weighted by molar-refractivity contribution is 5.78. The van der Waals surface area contributed by atoms with E-state index in [4.69, 9.17) is 4.74 Å². The van der Waals surface area contributed by atoms with Gasteiger partial charge < -0.3 is 10.1 Å². The predicted octanol–water partition coefficient (Wildman–Crippen LogP) is 0.423. The van der Waals surface area contributed by atoms with Gasteiger partial charge in [-0.2, -0.15) is 0 Å². The first kappa shape index (κ1) is 13.9. The SMILES string of the molecule is C=CCN(CC=C)CC(=O)NCCOC. The summed E-state index contributed by atoms with van der Waals surface area (Å²) in [5, 5.41) is 2.76. The summed E-state index contributed by atoms with van der Waals surface area (Å²) >= 11 is 0. The van der Waals surface area contributed by atoms with E-state index in [2.05, 4.69) is 18.5 Å². The summed E-state index contributed by atoms with van der Waals surface area (Å²) in [6.07, 6.45) is 3.54. The molecule has 0 aromatic heterocycles. The molecule has 0 saturated carbocycles. The normalized spacial score (nSPS) is 10.0. The van der Waals surface area contributed by atoms with Gasteiger partial charge in [0.15, 0.2) is 0 Å². The number of nitrogens with zero attached hydrogens (tertiary/aromatic N) is 1. The van der Waals surface area contributed by atoms with E-state index in [1.807, 2.05) is 4.90 Å². The van der Waals surface area contributed by atoms with Gasteiger partial charge in [0.1, 0.15) is 0 Å². The summed E-state index contributed by atoms with van der Waals surface area (Å²) in [6, 6.07) is 0. The molecule has 0 aliphatic heterocycles. The van der Waals surface area contributed by atoms with Crippen molar-refractivity contribution in [3.8, 4) is 0 Å². The number of rotatable bonds is 9. The van der Waals surface area contributed by atoms with Gasteiger partial charge in [-0.25, -0.2) is 0 Å². The summed E-state index contributed by atoms with van der Waals surface area (Å²) in [7, 11) is 1.61. The van der Waals surface area contributed by atoms with E-state index in [9.17, 15) is 4.79 Å². The number of hydrogen-bond donors (Lipinski definition) is 1. The molecule has 1 amide bonds. The molecule has 0 atom stereocenters. The molecule has 0 heterocycles. The average molecular weight is 212 g/mol. The van der Waals surface area contributed by atoms with Gasteiger partial charge in [0.05, 0.1) is 13.2 Å². The summed E-state index contributed by atoms with van der Waals surface area (Å²) in [4.78, 5) is 13.3. The maximum absolute atomic E-state index is 11.4. The first-order valence-corrected chi connectivity index (χ1v) is 4.94. The molecule has 0 aliphatic carbocycles. The minimum Gasteiger partial charge on any atom is -0.383 e. The second kappa shape index (κ2) is 9.43. The maximum atomic E-state index is 11.4. The molecule has 0 rings (SSSR count). The number of hydrogen-bond acceptors (Lipinski definition) is 3. The second-order valence-corrected chi connectivity index (χ2v) is 3.11. The van der Waals surface area contributed by atoms with E-state index in [1.54, 1.807) is 19.3 Å². The van der Waals surface area contributed by atoms with Crippen LogP contribution in [0.2, 0.25) is 0 Å². The van der Waals surface area contributed by atoms with Crippen LogP contribution in [0, 0.1) is 0 Å². The molecule has 0 spiro atoms. The van der Waals surface area contributed by atoms with Crippen LogP contribution in [0.5, 0.6) is 0 Å². The Balaban J connectivity index is 3.77. The fraction of sp³-hybridized carbons (Fsp3) is 0.545. The van der Waals surface area contributed by atoms with Crippen LogP contribution < -0.4 is 5.32 Å². The third-order valence-electron chi connectivity index (χ3n) is 1.77. The van der Waals surface area contributed by atoms with Crippen molar-refractivity contribution in [3.63, 3.8) is 0 Å². The topological polar surface area (TPSA) is 41.6 Å². The lowest BCUT2D eigenvalue weighted by Crippen LogP contribution is -2.38. The van der Waals surface area contributed by atoms with Crippen LogP contribution in [0.3, 0.4) is 0 Å². The highest BCUT2D eigenvalue weighted by Crippen LogP contribution is 1.88. The first-order valence-electron chi connectivity index (χ1n) is 4.94. The summed E-state index contributed by atoms with van der Waals surface area (Å²) in [5.74, 6) is -0.00394. The van der Waals surface area contributed by atoms with Crippen molar-refractivity contribution in [3.05, 3.63) is 25.3 Å². The maximum Gasteiger partial charge on any atom is 0.234 e. The highest BCUT2D eigenvalue weighted by Gasteiger charge is 2.06. The third-order valence-corrected chi connectivity index (χ3v) is 1.77. The van der Waals surface area contributed by atoms with Crippen LogP contribution >= 0.6 is 0 Å². The largest absolute Gasteiger partial charge is 0.383 e. The Morgan fingerprint density at radius 2 is 2.00 bits per heavy atom. The van der Waals surface area contributed by atoms with E-state index >= 15 is 0 Å². The van der Waals surface area contributed by atoms with E-state index in [0.29, 0.717) is 32.8 Å². The van der Waals surface area contributed by atoms with Gasteiger partial charge in [0.2, 0.25) is 5.91 Å². The standard InChI is InChI=1S/C11H20N2O2/c1-4-7-13(8-5-2)10-11(14)12-6-9-15-3/h4-5H,1-2,6-10H2,3H3,(H,12,14). The fourth-order valence-corrected chi connectivity index (χ4v) is 1.12. The van der Waals surface area contributed by atoms with Crippen molar-refractivity contribution in [2.75, 3.05) is 39.9 Å². The third kappa shape index (κ3) is 7.90. The minimum absolute atomic E-state index is 0.00394. The van der Waals surface area contributed by atoms with Crippen molar-refractivity contribution in [2.45, 2.75) is 0 Å². The zero-order valence-corrected chi connectivity index (χ0v) is 9.37. The second-order valence-electron chi connectivity index (χ2n) is 3.11. The van der Waals surface area contributed by atoms with Crippen LogP contribution in [0.15, 0.2) is 25.3 Å². The average Bonchev–Trinajstić information content (AvgIpc) is 2.19. The van der Waals surface area contributed by atoms with Crippen LogP contribution in [0.25, 0.3) is 0 Å². The molecule has 86 valence electrons. The molecule has 0 bridgehead atoms. The van der Waals surface area contributed by atoms with Gasteiger partial charge in [-0.05, 0) is 0 Å². The van der Waals surface area contributed by atoms with Gasteiger partial charge in [0.25, 0.3) is 0 Å². The monoisotopic (exact) mass is 212 g/mol. The van der Waals surface area contributed by atoms with Crippen molar-refractivity contribution >= 4 is 5.91 Å². The number of carbonyl (C=O) groups is 1. The Labute approximate surface area is 91.6 Å². The summed E-state index contributed by atoms with van der Waals surface area (Å²) in [5.41, 5.74) is 0. The first-order chi connectivity index (χ1) is 7.24. The summed E-state index contributed by atoms with van der Waals surface area (Å²) < 4.78 is 4.83. The fourth-order valence-electron chi connectivity index (χ4n) is 1.12. The van der Waals surface area contributed by atoms with Crippen LogP contribution in [0.4, 0.5) is 0 Å². The molecule has 0 aliphatic rings. The molecule has 4 heteroatoms. The Morgan fingerprint density at radius 3 is 2.47 bits per heavy atom. The molecule has 0 aromatic rings. The molecular formula is C11H20N2O2. The zero-order valence-electron chi connectivity index (χ0n) is 9.37. The zero-order chi connectivity index (χ0) is 11.5. The van der Waals surface area contributed by atoms with Gasteiger partial charge in [0, 0.05) is 26.7 Å². The van der Waals surface area contributed by atoms with Crippen LogP contribution in [-0.2, 0) is 9.53 Å². The van der Waals surface area contributed by atoms with Crippen molar-refractivity contribution < 1.29 is 9.53 Å². The smallest absolute Gasteiger partial charge is 0.234 e. The molecule has 15 heavy (non-hydrogen) atoms. The minimum atomic E-state index is -0.00394. The highest BCUT2D eigenvalue weighted by atomic mass is 16.5. The lowest BCUT2D eigenvalue weighted by molar-refractivity contribution is -0.122. The van der Waals surface area contributed by atoms with Gasteiger partial charge >= 0.3 is 0 Å². The Bertz CT molecular complexity index is 195. The molecule has 0 saturated heterocycles. The molecule has 1 N–H and O–H groups in total. The Kier molecular flexibility index (Phi) is 8.72. The van der Waals surface area contributed by atoms with Crippen molar-refractivity contribution in [1.29, 1.82) is 0 Å². The molecule has 0 fully saturated rings. The number of ether oxygens (including phenoxy) is 1. The van der Waals surface area contributed by atoms with E-state index in [1.165, 1.54) is 0 Å². The molecule has 0 radical (unpaired) electrons. The lowest BCUT2D eigenvalue weighted by atomic mass is 10.4. The van der Waals surface area contributed by atoms with E-state index in [0.717, 1.165) is 0 Å². The van der Waals surface area contributed by atoms with Gasteiger partial charge in [-0.3, -0.25) is 9.69 Å². The number of nitrogens with one attached hydrogen (secondary N) is 1. The summed E-state index contributed by atoms with van der Waals surface area (Å²) in [6.45, 7) is 10.1. The molecule has 0 unspecified atom stereocenters. The van der Waals surface area contributed by atoms with Crippen LogP contribution in [-0.4, -0.2) is 50.7 Å². The molecule has 0 aromatic carbocycles. The predicted molar refractivity (Wildman–Crippen MR) is 61.7 cm³/mol. The number of amides is 1. The van der Waals surface area contributed by atoms with Crippen molar-refractivity contribution in [1.82, 2.24) is 10.2 Å². The number of methoxy groups -OCH3 is 1. The van der Waals surface area contributed by atoms with E-state index in [-0.39, 0.29) is 5.91 Å². The van der Waals surface area contributed by atoms with Crippen molar-refractivity contribution in [2.24, 2.45) is 0 Å². The number of carbonyl (C=O) groups excluding carboxylic acids is 1.